The van der Waals surface area contributed by atoms with Gasteiger partial charge in [0, 0.05) is 5.38 Å². The van der Waals surface area contributed by atoms with E-state index in [0.717, 1.165) is 24.3 Å². The third-order valence-electron chi connectivity index (χ3n) is 2.64. The highest BCUT2D eigenvalue weighted by molar-refractivity contribution is 7.07. The molecule has 0 aliphatic heterocycles. The van der Waals surface area contributed by atoms with Gasteiger partial charge in [0.1, 0.15) is 12.4 Å². The Balaban J connectivity index is 1.83. The van der Waals surface area contributed by atoms with Crippen LogP contribution in [0.25, 0.3) is 0 Å². The van der Waals surface area contributed by atoms with Crippen LogP contribution >= 0.6 is 11.3 Å². The molecule has 4 heteroatoms. The van der Waals surface area contributed by atoms with Crippen molar-refractivity contribution in [2.75, 3.05) is 0 Å². The summed E-state index contributed by atoms with van der Waals surface area (Å²) in [5.41, 5.74) is 3.98. The zero-order chi connectivity index (χ0) is 12.8. The number of aliphatic hydroxyl groups excluding tert-OH is 1. The van der Waals surface area contributed by atoms with Gasteiger partial charge in [0.2, 0.25) is 0 Å². The quantitative estimate of drug-likeness (QED) is 0.871. The average molecular weight is 263 g/mol. The summed E-state index contributed by atoms with van der Waals surface area (Å²) in [4.78, 5) is 4.16. The summed E-state index contributed by atoms with van der Waals surface area (Å²) in [6.07, 6.45) is 1.44. The molecule has 0 radical (unpaired) electrons. The van der Waals surface area contributed by atoms with Crippen LogP contribution in [0.3, 0.4) is 0 Å². The number of thiazole rings is 1. The highest BCUT2D eigenvalue weighted by Gasteiger charge is 2.00. The normalized spacial score (nSPS) is 12.3. The molecule has 0 spiro atoms. The number of benzene rings is 1. The van der Waals surface area contributed by atoms with Gasteiger partial charge in [0.05, 0.1) is 17.3 Å². The van der Waals surface area contributed by atoms with Crippen LogP contribution in [-0.2, 0) is 13.0 Å². The average Bonchev–Trinajstić information content (AvgIpc) is 2.88. The zero-order valence-electron chi connectivity index (χ0n) is 10.4. The van der Waals surface area contributed by atoms with E-state index in [1.54, 1.807) is 16.8 Å². The van der Waals surface area contributed by atoms with Crippen LogP contribution in [0.4, 0.5) is 0 Å². The number of rotatable bonds is 6. The number of aryl methyl sites for hydroxylation is 1. The SMILES string of the molecule is CC(O)CCc1ccc(OCc2cscn2)cc1. The van der Waals surface area contributed by atoms with E-state index < -0.39 is 0 Å². The van der Waals surface area contributed by atoms with Crippen molar-refractivity contribution in [3.63, 3.8) is 0 Å². The molecule has 0 amide bonds. The topological polar surface area (TPSA) is 42.4 Å². The van der Waals surface area contributed by atoms with E-state index in [4.69, 9.17) is 4.74 Å². The standard InChI is InChI=1S/C14H17NO2S/c1-11(16)2-3-12-4-6-14(7-5-12)17-8-13-9-18-10-15-13/h4-7,9-11,16H,2-3,8H2,1H3. The molecule has 96 valence electrons. The van der Waals surface area contributed by atoms with Gasteiger partial charge in [0.25, 0.3) is 0 Å². The van der Waals surface area contributed by atoms with Gasteiger partial charge in [-0.1, -0.05) is 12.1 Å². The maximum atomic E-state index is 9.23. The summed E-state index contributed by atoms with van der Waals surface area (Å²) in [6, 6.07) is 8.00. The molecule has 3 nitrogen and oxygen atoms in total. The monoisotopic (exact) mass is 263 g/mol. The summed E-state index contributed by atoms with van der Waals surface area (Å²) in [5.74, 6) is 0.851. The second-order valence-electron chi connectivity index (χ2n) is 4.30. The number of ether oxygens (including phenoxy) is 1. The first-order chi connectivity index (χ1) is 8.74. The molecule has 0 aliphatic rings. The minimum Gasteiger partial charge on any atom is -0.487 e. The van der Waals surface area contributed by atoms with Crippen molar-refractivity contribution in [2.45, 2.75) is 32.5 Å². The van der Waals surface area contributed by atoms with E-state index in [2.05, 4.69) is 4.98 Å². The Hall–Kier alpha value is -1.39. The number of aromatic nitrogens is 1. The molecule has 0 aliphatic carbocycles. The lowest BCUT2D eigenvalue weighted by Gasteiger charge is -2.07. The molecule has 2 aromatic rings. The Kier molecular flexibility index (Phi) is 4.73. The third-order valence-corrected chi connectivity index (χ3v) is 3.28. The molecule has 0 fully saturated rings. The lowest BCUT2D eigenvalue weighted by atomic mass is 10.1. The first-order valence-corrected chi connectivity index (χ1v) is 6.95. The molecular formula is C14H17NO2S. The van der Waals surface area contributed by atoms with Crippen LogP contribution in [-0.4, -0.2) is 16.2 Å². The summed E-state index contributed by atoms with van der Waals surface area (Å²) in [5, 5.41) is 11.2. The van der Waals surface area contributed by atoms with E-state index in [9.17, 15) is 5.11 Å². The van der Waals surface area contributed by atoms with Crippen molar-refractivity contribution in [3.8, 4) is 5.75 Å². The van der Waals surface area contributed by atoms with Crippen molar-refractivity contribution in [1.82, 2.24) is 4.98 Å². The lowest BCUT2D eigenvalue weighted by molar-refractivity contribution is 0.185. The molecule has 1 N–H and O–H groups in total. The van der Waals surface area contributed by atoms with Crippen molar-refractivity contribution >= 4 is 11.3 Å². The van der Waals surface area contributed by atoms with Crippen LogP contribution in [0.15, 0.2) is 35.2 Å². The summed E-state index contributed by atoms with van der Waals surface area (Å²) in [6.45, 7) is 2.32. The fraction of sp³-hybridized carbons (Fsp3) is 0.357. The summed E-state index contributed by atoms with van der Waals surface area (Å²) < 4.78 is 5.63. The van der Waals surface area contributed by atoms with Gasteiger partial charge in [-0.3, -0.25) is 0 Å². The number of nitrogens with zero attached hydrogens (tertiary/aromatic N) is 1. The molecule has 1 unspecified atom stereocenters. The van der Waals surface area contributed by atoms with Gasteiger partial charge >= 0.3 is 0 Å². The molecule has 0 bridgehead atoms. The van der Waals surface area contributed by atoms with Gasteiger partial charge in [-0.05, 0) is 37.5 Å². The zero-order valence-corrected chi connectivity index (χ0v) is 11.2. The molecule has 1 aromatic carbocycles. The van der Waals surface area contributed by atoms with Crippen LogP contribution in [0.1, 0.15) is 24.6 Å². The Bertz CT molecular complexity index is 451. The fourth-order valence-electron chi connectivity index (χ4n) is 1.59. The second kappa shape index (κ2) is 6.52. The van der Waals surface area contributed by atoms with E-state index in [1.165, 1.54) is 5.56 Å². The lowest BCUT2D eigenvalue weighted by Crippen LogP contribution is -2.01. The minimum absolute atomic E-state index is 0.245. The highest BCUT2D eigenvalue weighted by atomic mass is 32.1. The molecular weight excluding hydrogens is 246 g/mol. The Morgan fingerprint density at radius 3 is 2.72 bits per heavy atom. The molecule has 2 rings (SSSR count). The molecule has 1 atom stereocenters. The summed E-state index contributed by atoms with van der Waals surface area (Å²) in [7, 11) is 0. The second-order valence-corrected chi connectivity index (χ2v) is 5.02. The first-order valence-electron chi connectivity index (χ1n) is 6.01. The van der Waals surface area contributed by atoms with Crippen LogP contribution < -0.4 is 4.74 Å². The van der Waals surface area contributed by atoms with Crippen LogP contribution in [0.5, 0.6) is 5.75 Å². The van der Waals surface area contributed by atoms with E-state index >= 15 is 0 Å². The Labute approximate surface area is 111 Å². The maximum Gasteiger partial charge on any atom is 0.131 e. The molecule has 1 aromatic heterocycles. The Morgan fingerprint density at radius 1 is 1.33 bits per heavy atom. The number of aliphatic hydroxyl groups is 1. The predicted molar refractivity (Wildman–Crippen MR) is 72.9 cm³/mol. The van der Waals surface area contributed by atoms with Crippen molar-refractivity contribution in [2.24, 2.45) is 0 Å². The van der Waals surface area contributed by atoms with Gasteiger partial charge in [-0.25, -0.2) is 4.98 Å². The Morgan fingerprint density at radius 2 is 2.11 bits per heavy atom. The third kappa shape index (κ3) is 4.13. The molecule has 1 heterocycles. The van der Waals surface area contributed by atoms with E-state index in [0.29, 0.717) is 6.61 Å². The maximum absolute atomic E-state index is 9.23. The molecule has 0 saturated carbocycles. The fourth-order valence-corrected chi connectivity index (χ4v) is 2.14. The van der Waals surface area contributed by atoms with Gasteiger partial charge in [0.15, 0.2) is 0 Å². The largest absolute Gasteiger partial charge is 0.487 e. The van der Waals surface area contributed by atoms with Crippen molar-refractivity contribution in [1.29, 1.82) is 0 Å². The minimum atomic E-state index is -0.245. The van der Waals surface area contributed by atoms with Gasteiger partial charge in [-0.2, -0.15) is 0 Å². The smallest absolute Gasteiger partial charge is 0.131 e. The predicted octanol–water partition coefficient (Wildman–Crippen LogP) is 3.04. The van der Waals surface area contributed by atoms with E-state index in [-0.39, 0.29) is 6.10 Å². The first kappa shape index (κ1) is 13.1. The van der Waals surface area contributed by atoms with Gasteiger partial charge < -0.3 is 9.84 Å². The van der Waals surface area contributed by atoms with Crippen molar-refractivity contribution < 1.29 is 9.84 Å². The van der Waals surface area contributed by atoms with Crippen molar-refractivity contribution in [3.05, 3.63) is 46.4 Å². The van der Waals surface area contributed by atoms with Crippen LogP contribution in [0.2, 0.25) is 0 Å². The molecule has 18 heavy (non-hydrogen) atoms. The highest BCUT2D eigenvalue weighted by Crippen LogP contribution is 2.15. The number of hydrogen-bond donors (Lipinski definition) is 1. The van der Waals surface area contributed by atoms with E-state index in [1.807, 2.05) is 36.6 Å². The number of hydrogen-bond acceptors (Lipinski definition) is 4. The summed E-state index contributed by atoms with van der Waals surface area (Å²) >= 11 is 1.57. The molecule has 0 saturated heterocycles. The van der Waals surface area contributed by atoms with Crippen LogP contribution in [0, 0.1) is 0 Å². The van der Waals surface area contributed by atoms with Gasteiger partial charge in [-0.15, -0.1) is 11.3 Å².